The molecule has 0 fully saturated rings. The number of rotatable bonds is 9. The Kier molecular flexibility index (Phi) is 7.80. The number of nitrogens with one attached hydrogen (secondary N) is 1. The SMILES string of the molecule is C[C@@H](NC(=O)c1ccc2nc(-c3ccc(Cl)cc3)c(CCCCC(=O)O)nc2c1)c1ccc(N)cc1. The zero-order valence-electron chi connectivity index (χ0n) is 19.9. The van der Waals surface area contributed by atoms with Crippen LogP contribution in [0.2, 0.25) is 5.02 Å². The highest BCUT2D eigenvalue weighted by Crippen LogP contribution is 2.27. The summed E-state index contributed by atoms with van der Waals surface area (Å²) in [4.78, 5) is 33.6. The molecule has 1 atom stereocenters. The first-order valence-corrected chi connectivity index (χ1v) is 12.1. The van der Waals surface area contributed by atoms with Gasteiger partial charge in [-0.15, -0.1) is 0 Å². The molecule has 1 amide bonds. The summed E-state index contributed by atoms with van der Waals surface area (Å²) >= 11 is 6.06. The van der Waals surface area contributed by atoms with Gasteiger partial charge in [-0.25, -0.2) is 9.97 Å². The molecule has 184 valence electrons. The molecule has 4 rings (SSSR count). The summed E-state index contributed by atoms with van der Waals surface area (Å²) in [5.41, 5.74) is 11.5. The number of carbonyl (C=O) groups is 2. The van der Waals surface area contributed by atoms with Crippen LogP contribution in [0.3, 0.4) is 0 Å². The van der Waals surface area contributed by atoms with Gasteiger partial charge in [-0.1, -0.05) is 35.9 Å². The molecule has 7 nitrogen and oxygen atoms in total. The van der Waals surface area contributed by atoms with Crippen LogP contribution in [0.5, 0.6) is 0 Å². The number of hydrogen-bond donors (Lipinski definition) is 3. The van der Waals surface area contributed by atoms with Gasteiger partial charge >= 0.3 is 5.97 Å². The van der Waals surface area contributed by atoms with E-state index < -0.39 is 5.97 Å². The number of halogens is 1. The number of hydrogen-bond acceptors (Lipinski definition) is 5. The van der Waals surface area contributed by atoms with Crippen LogP contribution in [0, 0.1) is 0 Å². The fraction of sp³-hybridized carbons (Fsp3) is 0.214. The topological polar surface area (TPSA) is 118 Å². The Morgan fingerprint density at radius 1 is 0.972 bits per heavy atom. The Labute approximate surface area is 214 Å². The number of amides is 1. The van der Waals surface area contributed by atoms with E-state index in [-0.39, 0.29) is 18.4 Å². The fourth-order valence-electron chi connectivity index (χ4n) is 3.96. The molecule has 1 aromatic heterocycles. The van der Waals surface area contributed by atoms with Gasteiger partial charge in [0.05, 0.1) is 28.5 Å². The first-order chi connectivity index (χ1) is 17.3. The summed E-state index contributed by atoms with van der Waals surface area (Å²) in [5, 5.41) is 12.6. The molecular formula is C28H27ClN4O3. The molecule has 8 heteroatoms. The monoisotopic (exact) mass is 502 g/mol. The van der Waals surface area contributed by atoms with E-state index in [0.717, 1.165) is 22.5 Å². The number of anilines is 1. The van der Waals surface area contributed by atoms with Crippen molar-refractivity contribution in [1.82, 2.24) is 15.3 Å². The van der Waals surface area contributed by atoms with Crippen molar-refractivity contribution >= 4 is 40.2 Å². The molecule has 0 aliphatic rings. The minimum absolute atomic E-state index is 0.105. The highest BCUT2D eigenvalue weighted by atomic mass is 35.5. The average molecular weight is 503 g/mol. The Bertz CT molecular complexity index is 1390. The molecule has 1 heterocycles. The number of nitrogens with two attached hydrogens (primary N) is 1. The Hall–Kier alpha value is -3.97. The smallest absolute Gasteiger partial charge is 0.303 e. The van der Waals surface area contributed by atoms with Gasteiger partial charge in [-0.05, 0) is 74.2 Å². The van der Waals surface area contributed by atoms with Gasteiger partial charge in [-0.2, -0.15) is 0 Å². The number of fused-ring (bicyclic) bond motifs is 1. The molecule has 36 heavy (non-hydrogen) atoms. The summed E-state index contributed by atoms with van der Waals surface area (Å²) < 4.78 is 0. The first-order valence-electron chi connectivity index (χ1n) is 11.7. The van der Waals surface area contributed by atoms with Crippen molar-refractivity contribution in [1.29, 1.82) is 0 Å². The highest BCUT2D eigenvalue weighted by molar-refractivity contribution is 6.30. The number of carbonyl (C=O) groups excluding carboxylic acids is 1. The second-order valence-electron chi connectivity index (χ2n) is 8.69. The zero-order chi connectivity index (χ0) is 25.7. The van der Waals surface area contributed by atoms with E-state index in [1.54, 1.807) is 42.5 Å². The van der Waals surface area contributed by atoms with E-state index in [0.29, 0.717) is 46.6 Å². The number of nitrogen functional groups attached to an aromatic ring is 1. The average Bonchev–Trinajstić information content (AvgIpc) is 2.86. The van der Waals surface area contributed by atoms with E-state index in [9.17, 15) is 9.59 Å². The second kappa shape index (κ2) is 11.2. The third-order valence-electron chi connectivity index (χ3n) is 5.95. The predicted octanol–water partition coefficient (Wildman–Crippen LogP) is 5.82. The number of benzene rings is 3. The lowest BCUT2D eigenvalue weighted by Gasteiger charge is -2.15. The van der Waals surface area contributed by atoms with Crippen LogP contribution in [-0.4, -0.2) is 27.0 Å². The molecule has 0 aliphatic heterocycles. The Morgan fingerprint density at radius 2 is 1.69 bits per heavy atom. The van der Waals surface area contributed by atoms with Crippen molar-refractivity contribution in [2.45, 2.75) is 38.6 Å². The number of carboxylic acids is 1. The molecule has 3 aromatic carbocycles. The van der Waals surface area contributed by atoms with Crippen molar-refractivity contribution in [3.05, 3.63) is 88.6 Å². The van der Waals surface area contributed by atoms with Gasteiger partial charge in [-0.3, -0.25) is 9.59 Å². The van der Waals surface area contributed by atoms with E-state index in [4.69, 9.17) is 32.4 Å². The number of aliphatic carboxylic acids is 1. The Morgan fingerprint density at radius 3 is 2.39 bits per heavy atom. The quantitative estimate of drug-likeness (QED) is 0.196. The molecule has 0 bridgehead atoms. The zero-order valence-corrected chi connectivity index (χ0v) is 20.6. The van der Waals surface area contributed by atoms with E-state index in [1.807, 2.05) is 31.2 Å². The molecule has 4 N–H and O–H groups in total. The summed E-state index contributed by atoms with van der Waals surface area (Å²) in [5.74, 6) is -1.03. The molecule has 0 radical (unpaired) electrons. The lowest BCUT2D eigenvalue weighted by molar-refractivity contribution is -0.137. The second-order valence-corrected chi connectivity index (χ2v) is 9.13. The standard InChI is InChI=1S/C28H27ClN4O3/c1-17(18-8-13-22(30)14-9-18)31-28(36)20-10-15-23-25(16-20)32-24(4-2-3-5-26(34)35)27(33-23)19-6-11-21(29)12-7-19/h6-17H,2-5,30H2,1H3,(H,31,36)(H,34,35)/t17-/m1/s1. The highest BCUT2D eigenvalue weighted by Gasteiger charge is 2.15. The van der Waals surface area contributed by atoms with Crippen LogP contribution in [0.1, 0.15) is 53.8 Å². The van der Waals surface area contributed by atoms with Crippen molar-refractivity contribution < 1.29 is 14.7 Å². The number of aromatic nitrogens is 2. The number of carboxylic acid groups (broad SMARTS) is 1. The van der Waals surface area contributed by atoms with E-state index >= 15 is 0 Å². The van der Waals surface area contributed by atoms with Crippen molar-refractivity contribution in [3.63, 3.8) is 0 Å². The van der Waals surface area contributed by atoms with Gasteiger partial charge in [0.2, 0.25) is 0 Å². The summed E-state index contributed by atoms with van der Waals surface area (Å²) in [6.07, 6.45) is 1.87. The van der Waals surface area contributed by atoms with E-state index in [1.165, 1.54) is 0 Å². The fourth-order valence-corrected chi connectivity index (χ4v) is 4.09. The predicted molar refractivity (Wildman–Crippen MR) is 142 cm³/mol. The van der Waals surface area contributed by atoms with Crippen LogP contribution in [0.4, 0.5) is 5.69 Å². The maximum Gasteiger partial charge on any atom is 0.303 e. The number of nitrogens with zero attached hydrogens (tertiary/aromatic N) is 2. The van der Waals surface area contributed by atoms with Crippen molar-refractivity contribution in [2.24, 2.45) is 0 Å². The summed E-state index contributed by atoms with van der Waals surface area (Å²) in [6.45, 7) is 1.91. The third kappa shape index (κ3) is 6.17. The minimum atomic E-state index is -0.818. The van der Waals surface area contributed by atoms with Crippen LogP contribution in [0.15, 0.2) is 66.7 Å². The lowest BCUT2D eigenvalue weighted by atomic mass is 10.0. The molecule has 0 unspecified atom stereocenters. The first kappa shape index (κ1) is 25.1. The summed E-state index contributed by atoms with van der Waals surface area (Å²) in [7, 11) is 0. The van der Waals surface area contributed by atoms with Crippen LogP contribution >= 0.6 is 11.6 Å². The third-order valence-corrected chi connectivity index (χ3v) is 6.21. The van der Waals surface area contributed by atoms with Crippen molar-refractivity contribution in [3.8, 4) is 11.3 Å². The van der Waals surface area contributed by atoms with Gasteiger partial charge in [0.15, 0.2) is 0 Å². The molecule has 0 saturated carbocycles. The van der Waals surface area contributed by atoms with Crippen molar-refractivity contribution in [2.75, 3.05) is 5.73 Å². The minimum Gasteiger partial charge on any atom is -0.481 e. The summed E-state index contributed by atoms with van der Waals surface area (Å²) in [6, 6.07) is 19.8. The van der Waals surface area contributed by atoms with Gasteiger partial charge in [0.25, 0.3) is 5.91 Å². The molecule has 4 aromatic rings. The molecule has 0 spiro atoms. The van der Waals surface area contributed by atoms with Gasteiger partial charge < -0.3 is 16.2 Å². The molecular weight excluding hydrogens is 476 g/mol. The maximum absolute atomic E-state index is 13.0. The van der Waals surface area contributed by atoms with Crippen LogP contribution < -0.4 is 11.1 Å². The van der Waals surface area contributed by atoms with Gasteiger partial charge in [0.1, 0.15) is 0 Å². The van der Waals surface area contributed by atoms with E-state index in [2.05, 4.69) is 5.32 Å². The Balaban J connectivity index is 1.62. The largest absolute Gasteiger partial charge is 0.481 e. The lowest BCUT2D eigenvalue weighted by Crippen LogP contribution is -2.26. The van der Waals surface area contributed by atoms with Crippen LogP contribution in [-0.2, 0) is 11.2 Å². The normalized spacial score (nSPS) is 11.8. The van der Waals surface area contributed by atoms with Gasteiger partial charge in [0, 0.05) is 28.3 Å². The number of aryl methyl sites for hydroxylation is 1. The molecule has 0 saturated heterocycles. The molecule has 0 aliphatic carbocycles. The number of unbranched alkanes of at least 4 members (excludes halogenated alkanes) is 1. The maximum atomic E-state index is 13.0. The van der Waals surface area contributed by atoms with Crippen LogP contribution in [0.25, 0.3) is 22.3 Å².